The minimum Gasteiger partial charge on any atom is -0.508 e. The smallest absolute Gasteiger partial charge is 0.130 e. The first-order valence-electron chi connectivity index (χ1n) is 6.86. The quantitative estimate of drug-likeness (QED) is 0.886. The van der Waals surface area contributed by atoms with Crippen molar-refractivity contribution in [2.24, 2.45) is 0 Å². The number of hydrogen-bond acceptors (Lipinski definition) is 3. The summed E-state index contributed by atoms with van der Waals surface area (Å²) in [5.41, 5.74) is 2.45. The molecule has 1 aromatic carbocycles. The van der Waals surface area contributed by atoms with Crippen molar-refractivity contribution in [2.45, 2.75) is 32.4 Å². The van der Waals surface area contributed by atoms with Gasteiger partial charge in [0.1, 0.15) is 11.6 Å². The summed E-state index contributed by atoms with van der Waals surface area (Å²) in [6.45, 7) is 4.08. The topological polar surface area (TPSA) is 50.1 Å². The number of aromatic hydroxyl groups is 1. The van der Waals surface area contributed by atoms with E-state index in [1.165, 1.54) is 5.56 Å². The molecule has 2 N–H and O–H groups in total. The zero-order valence-corrected chi connectivity index (χ0v) is 11.1. The molecule has 2 aromatic rings. The molecule has 3 rings (SSSR count). The number of aromatic nitrogens is 2. The molecule has 100 valence electrons. The van der Waals surface area contributed by atoms with Crippen LogP contribution < -0.4 is 5.32 Å². The molecule has 0 radical (unpaired) electrons. The fourth-order valence-electron chi connectivity index (χ4n) is 2.78. The zero-order valence-electron chi connectivity index (χ0n) is 11.1. The molecule has 1 unspecified atom stereocenters. The molecule has 19 heavy (non-hydrogen) atoms. The molecular formula is C15H19N3O. The Morgan fingerprint density at radius 1 is 1.47 bits per heavy atom. The first-order valence-corrected chi connectivity index (χ1v) is 6.86. The summed E-state index contributed by atoms with van der Waals surface area (Å²) < 4.78 is 2.19. The van der Waals surface area contributed by atoms with E-state index in [9.17, 15) is 5.11 Å². The Hall–Kier alpha value is -1.81. The molecule has 1 aliphatic rings. The number of phenolic OH excluding ortho intramolecular Hbond substituents is 1. The van der Waals surface area contributed by atoms with Crippen LogP contribution in [0.3, 0.4) is 0 Å². The van der Waals surface area contributed by atoms with Crippen LogP contribution >= 0.6 is 0 Å². The second kappa shape index (κ2) is 5.05. The number of hydrogen-bond donors (Lipinski definition) is 2. The predicted octanol–water partition coefficient (Wildman–Crippen LogP) is 2.23. The molecule has 0 saturated carbocycles. The van der Waals surface area contributed by atoms with E-state index < -0.39 is 0 Å². The standard InChI is InChI=1S/C15H19N3O/c1-2-8-18-9-7-17-15(18)14-13-10-12(19)4-3-11(13)5-6-16-14/h3-4,7,9-10,14,16,19H,2,5-6,8H2,1H3. The van der Waals surface area contributed by atoms with Crippen LogP contribution in [0.1, 0.15) is 36.3 Å². The minimum atomic E-state index is 0.0809. The van der Waals surface area contributed by atoms with Crippen molar-refractivity contribution in [2.75, 3.05) is 6.54 Å². The number of nitrogens with one attached hydrogen (secondary N) is 1. The van der Waals surface area contributed by atoms with Crippen molar-refractivity contribution in [3.05, 3.63) is 47.5 Å². The molecule has 4 heteroatoms. The summed E-state index contributed by atoms with van der Waals surface area (Å²) in [6, 6.07) is 5.72. The molecule has 1 atom stereocenters. The van der Waals surface area contributed by atoms with Gasteiger partial charge in [0.15, 0.2) is 0 Å². The Morgan fingerprint density at radius 2 is 2.37 bits per heavy atom. The molecule has 0 fully saturated rings. The molecule has 1 aromatic heterocycles. The highest BCUT2D eigenvalue weighted by Gasteiger charge is 2.24. The lowest BCUT2D eigenvalue weighted by atomic mass is 9.93. The molecule has 2 heterocycles. The number of imidazole rings is 1. The van der Waals surface area contributed by atoms with Crippen LogP contribution in [0.25, 0.3) is 0 Å². The number of phenols is 1. The maximum absolute atomic E-state index is 9.72. The van der Waals surface area contributed by atoms with Crippen molar-refractivity contribution < 1.29 is 5.11 Å². The van der Waals surface area contributed by atoms with E-state index in [0.29, 0.717) is 5.75 Å². The zero-order chi connectivity index (χ0) is 13.2. The van der Waals surface area contributed by atoms with E-state index in [1.807, 2.05) is 24.5 Å². The van der Waals surface area contributed by atoms with Gasteiger partial charge in [-0.3, -0.25) is 0 Å². The van der Waals surface area contributed by atoms with Gasteiger partial charge in [-0.05, 0) is 36.1 Å². The lowest BCUT2D eigenvalue weighted by molar-refractivity contribution is 0.466. The Morgan fingerprint density at radius 3 is 3.21 bits per heavy atom. The summed E-state index contributed by atoms with van der Waals surface area (Å²) >= 11 is 0. The lowest BCUT2D eigenvalue weighted by Gasteiger charge is -2.27. The van der Waals surface area contributed by atoms with Crippen LogP contribution in [-0.2, 0) is 13.0 Å². The van der Waals surface area contributed by atoms with E-state index in [0.717, 1.165) is 37.3 Å². The molecule has 4 nitrogen and oxygen atoms in total. The van der Waals surface area contributed by atoms with Crippen molar-refractivity contribution in [1.82, 2.24) is 14.9 Å². The highest BCUT2D eigenvalue weighted by Crippen LogP contribution is 2.30. The Bertz CT molecular complexity index is 577. The molecule has 0 bridgehead atoms. The number of rotatable bonds is 3. The molecular weight excluding hydrogens is 238 g/mol. The summed E-state index contributed by atoms with van der Waals surface area (Å²) in [5, 5.41) is 13.2. The van der Waals surface area contributed by atoms with Gasteiger partial charge in [0.2, 0.25) is 0 Å². The van der Waals surface area contributed by atoms with Crippen molar-refractivity contribution in [3.63, 3.8) is 0 Å². The highest BCUT2D eigenvalue weighted by molar-refractivity contribution is 5.41. The Balaban J connectivity index is 2.03. The third-order valence-electron chi connectivity index (χ3n) is 3.65. The van der Waals surface area contributed by atoms with E-state index >= 15 is 0 Å². The van der Waals surface area contributed by atoms with Gasteiger partial charge in [0.25, 0.3) is 0 Å². The second-order valence-corrected chi connectivity index (χ2v) is 5.00. The first-order chi connectivity index (χ1) is 9.29. The van der Waals surface area contributed by atoms with E-state index in [1.54, 1.807) is 6.07 Å². The molecule has 0 spiro atoms. The normalized spacial score (nSPS) is 18.3. The third kappa shape index (κ3) is 2.24. The van der Waals surface area contributed by atoms with Crippen LogP contribution in [0.4, 0.5) is 0 Å². The average Bonchev–Trinajstić information content (AvgIpc) is 2.86. The number of benzene rings is 1. The SMILES string of the molecule is CCCn1ccnc1C1NCCc2ccc(O)cc21. The van der Waals surface area contributed by atoms with Gasteiger partial charge in [-0.15, -0.1) is 0 Å². The average molecular weight is 257 g/mol. The lowest BCUT2D eigenvalue weighted by Crippen LogP contribution is -2.32. The van der Waals surface area contributed by atoms with Crippen LogP contribution in [0.15, 0.2) is 30.6 Å². The number of nitrogens with zero attached hydrogens (tertiary/aromatic N) is 2. The molecule has 0 saturated heterocycles. The summed E-state index contributed by atoms with van der Waals surface area (Å²) in [6.07, 6.45) is 5.96. The highest BCUT2D eigenvalue weighted by atomic mass is 16.3. The maximum Gasteiger partial charge on any atom is 0.130 e. The van der Waals surface area contributed by atoms with Crippen LogP contribution in [0, 0.1) is 0 Å². The predicted molar refractivity (Wildman–Crippen MR) is 74.2 cm³/mol. The summed E-state index contributed by atoms with van der Waals surface area (Å²) in [4.78, 5) is 4.51. The van der Waals surface area contributed by atoms with Gasteiger partial charge in [-0.25, -0.2) is 4.98 Å². The third-order valence-corrected chi connectivity index (χ3v) is 3.65. The largest absolute Gasteiger partial charge is 0.508 e. The maximum atomic E-state index is 9.72. The van der Waals surface area contributed by atoms with Crippen molar-refractivity contribution in [3.8, 4) is 5.75 Å². The van der Waals surface area contributed by atoms with Crippen LogP contribution in [0.2, 0.25) is 0 Å². The number of fused-ring (bicyclic) bond motifs is 1. The first kappa shape index (κ1) is 12.2. The van der Waals surface area contributed by atoms with Crippen molar-refractivity contribution in [1.29, 1.82) is 0 Å². The Labute approximate surface area is 113 Å². The van der Waals surface area contributed by atoms with Gasteiger partial charge in [-0.2, -0.15) is 0 Å². The molecule has 0 amide bonds. The van der Waals surface area contributed by atoms with Crippen molar-refractivity contribution >= 4 is 0 Å². The molecule has 1 aliphatic heterocycles. The van der Waals surface area contributed by atoms with Gasteiger partial charge in [-0.1, -0.05) is 13.0 Å². The second-order valence-electron chi connectivity index (χ2n) is 5.00. The fraction of sp³-hybridized carbons (Fsp3) is 0.400. The van der Waals surface area contributed by atoms with Crippen LogP contribution in [-0.4, -0.2) is 21.2 Å². The van der Waals surface area contributed by atoms with Gasteiger partial charge in [0.05, 0.1) is 6.04 Å². The summed E-state index contributed by atoms with van der Waals surface area (Å²) in [7, 11) is 0. The van der Waals surface area contributed by atoms with E-state index in [4.69, 9.17) is 0 Å². The summed E-state index contributed by atoms with van der Waals surface area (Å²) in [5.74, 6) is 1.36. The van der Waals surface area contributed by atoms with Gasteiger partial charge >= 0.3 is 0 Å². The molecule has 0 aliphatic carbocycles. The fourth-order valence-corrected chi connectivity index (χ4v) is 2.78. The van der Waals surface area contributed by atoms with Crippen LogP contribution in [0.5, 0.6) is 5.75 Å². The van der Waals surface area contributed by atoms with E-state index in [-0.39, 0.29) is 6.04 Å². The number of aryl methyl sites for hydroxylation is 1. The van der Waals surface area contributed by atoms with Gasteiger partial charge < -0.3 is 15.0 Å². The monoisotopic (exact) mass is 257 g/mol. The van der Waals surface area contributed by atoms with E-state index in [2.05, 4.69) is 21.8 Å². The van der Waals surface area contributed by atoms with Gasteiger partial charge in [0, 0.05) is 25.5 Å². The Kier molecular flexibility index (Phi) is 3.25. The minimum absolute atomic E-state index is 0.0809.